The van der Waals surface area contributed by atoms with Gasteiger partial charge in [0.15, 0.2) is 34.5 Å². The maximum Gasteiger partial charge on any atom is 0.200 e. The fourth-order valence-corrected chi connectivity index (χ4v) is 3.33. The van der Waals surface area contributed by atoms with Crippen LogP contribution in [0.15, 0.2) is 24.3 Å². The van der Waals surface area contributed by atoms with Gasteiger partial charge in [0.05, 0.1) is 45.7 Å². The first kappa shape index (κ1) is 29.2. The summed E-state index contributed by atoms with van der Waals surface area (Å²) in [5.74, 6) is -3.65. The molecule has 0 bridgehead atoms. The third-order valence-electron chi connectivity index (χ3n) is 5.21. The Bertz CT molecular complexity index is 851. The number of phenolic OH excluding ortho intramolecular Hbond substituents is 6. The summed E-state index contributed by atoms with van der Waals surface area (Å²) >= 11 is 0. The van der Waals surface area contributed by atoms with Crippen LogP contribution >= 0.6 is 0 Å². The number of aliphatic hydroxyl groups is 4. The first-order valence-electron chi connectivity index (χ1n) is 11.0. The van der Waals surface area contributed by atoms with Gasteiger partial charge < -0.3 is 60.5 Å². The van der Waals surface area contributed by atoms with Crippen LogP contribution in [-0.4, -0.2) is 114 Å². The highest BCUT2D eigenvalue weighted by Crippen LogP contribution is 2.37. The number of aromatic hydroxyl groups is 6. The molecule has 36 heavy (non-hydrogen) atoms. The number of nitrogens with zero attached hydrogens (tertiary/aromatic N) is 1. The quantitative estimate of drug-likeness (QED) is 0.129. The summed E-state index contributed by atoms with van der Waals surface area (Å²) < 4.78 is 11.0. The summed E-state index contributed by atoms with van der Waals surface area (Å²) in [5.41, 5.74) is 0.705. The SMILES string of the molecule is OCC(O)COCC(COCC(O)CO)N(Cc1cc(O)c(O)c(O)c1)Cc1cc(O)c(O)c(O)c1. The van der Waals surface area contributed by atoms with Crippen LogP contribution in [0.25, 0.3) is 0 Å². The van der Waals surface area contributed by atoms with Gasteiger partial charge in [-0.25, -0.2) is 0 Å². The van der Waals surface area contributed by atoms with E-state index >= 15 is 0 Å². The van der Waals surface area contributed by atoms with Gasteiger partial charge in [-0.1, -0.05) is 0 Å². The van der Waals surface area contributed by atoms with Crippen molar-refractivity contribution in [2.75, 3.05) is 39.6 Å². The van der Waals surface area contributed by atoms with Crippen molar-refractivity contribution in [2.24, 2.45) is 0 Å². The Morgan fingerprint density at radius 1 is 0.583 bits per heavy atom. The minimum Gasteiger partial charge on any atom is -0.504 e. The van der Waals surface area contributed by atoms with Crippen LogP contribution in [-0.2, 0) is 22.6 Å². The van der Waals surface area contributed by atoms with Gasteiger partial charge in [0.2, 0.25) is 0 Å². The summed E-state index contributed by atoms with van der Waals surface area (Å²) in [5, 5.41) is 96.2. The van der Waals surface area contributed by atoms with Gasteiger partial charge in [0.1, 0.15) is 12.2 Å². The molecule has 2 rings (SSSR count). The number of hydrogen-bond acceptors (Lipinski definition) is 13. The lowest BCUT2D eigenvalue weighted by Gasteiger charge is -2.32. The van der Waals surface area contributed by atoms with E-state index in [4.69, 9.17) is 19.7 Å². The molecule has 0 heterocycles. The molecule has 0 saturated heterocycles. The molecule has 0 amide bonds. The first-order valence-corrected chi connectivity index (χ1v) is 11.0. The third kappa shape index (κ3) is 8.57. The average molecular weight is 516 g/mol. The smallest absolute Gasteiger partial charge is 0.200 e. The lowest BCUT2D eigenvalue weighted by molar-refractivity contribution is -0.0517. The molecule has 0 saturated carbocycles. The van der Waals surface area contributed by atoms with Crippen molar-refractivity contribution < 1.29 is 60.5 Å². The molecule has 0 spiro atoms. The molecule has 0 aliphatic rings. The zero-order chi connectivity index (χ0) is 26.8. The summed E-state index contributed by atoms with van der Waals surface area (Å²) in [4.78, 5) is 1.69. The molecular weight excluding hydrogens is 482 g/mol. The van der Waals surface area contributed by atoms with Crippen LogP contribution in [0.2, 0.25) is 0 Å². The predicted molar refractivity (Wildman–Crippen MR) is 124 cm³/mol. The molecule has 0 aliphatic heterocycles. The van der Waals surface area contributed by atoms with E-state index in [9.17, 15) is 40.9 Å². The Balaban J connectivity index is 2.36. The second-order valence-corrected chi connectivity index (χ2v) is 8.27. The van der Waals surface area contributed by atoms with Crippen molar-refractivity contribution in [1.82, 2.24) is 4.90 Å². The van der Waals surface area contributed by atoms with Gasteiger partial charge in [-0.3, -0.25) is 4.90 Å². The maximum absolute atomic E-state index is 9.91. The first-order chi connectivity index (χ1) is 17.0. The average Bonchev–Trinajstić information content (AvgIpc) is 2.84. The zero-order valence-corrected chi connectivity index (χ0v) is 19.4. The molecule has 13 heteroatoms. The largest absolute Gasteiger partial charge is 0.504 e. The molecule has 0 radical (unpaired) electrons. The van der Waals surface area contributed by atoms with E-state index in [2.05, 4.69) is 0 Å². The molecule has 0 fully saturated rings. The molecule has 202 valence electrons. The van der Waals surface area contributed by atoms with Crippen molar-refractivity contribution in [3.8, 4) is 34.5 Å². The summed E-state index contributed by atoms with van der Waals surface area (Å²) in [7, 11) is 0. The molecule has 2 aromatic carbocycles. The maximum atomic E-state index is 9.91. The summed E-state index contributed by atoms with van der Waals surface area (Å²) in [6, 6.07) is 4.24. The van der Waals surface area contributed by atoms with Crippen LogP contribution in [0.4, 0.5) is 0 Å². The van der Waals surface area contributed by atoms with Gasteiger partial charge in [0.25, 0.3) is 0 Å². The number of rotatable bonds is 15. The molecule has 0 aromatic heterocycles. The topological polar surface area (TPSA) is 224 Å². The van der Waals surface area contributed by atoms with E-state index in [1.165, 1.54) is 24.3 Å². The van der Waals surface area contributed by atoms with Crippen LogP contribution in [0.1, 0.15) is 11.1 Å². The second kappa shape index (κ2) is 13.9. The summed E-state index contributed by atoms with van der Waals surface area (Å²) in [6.07, 6.45) is -2.26. The Labute approximate surface area is 206 Å². The number of phenols is 6. The fraction of sp³-hybridized carbons (Fsp3) is 0.478. The Morgan fingerprint density at radius 2 is 0.917 bits per heavy atom. The minimum atomic E-state index is -1.13. The molecule has 2 aromatic rings. The van der Waals surface area contributed by atoms with Crippen molar-refractivity contribution in [1.29, 1.82) is 0 Å². The molecule has 10 N–H and O–H groups in total. The van der Waals surface area contributed by atoms with E-state index in [-0.39, 0.29) is 39.5 Å². The second-order valence-electron chi connectivity index (χ2n) is 8.27. The van der Waals surface area contributed by atoms with Gasteiger partial charge in [-0.05, 0) is 35.4 Å². The molecule has 2 unspecified atom stereocenters. The predicted octanol–water partition coefficient (Wildman–Crippen LogP) is -0.969. The van der Waals surface area contributed by atoms with Crippen LogP contribution in [0, 0.1) is 0 Å². The van der Waals surface area contributed by atoms with E-state index < -0.39 is 66.0 Å². The van der Waals surface area contributed by atoms with Crippen molar-refractivity contribution in [3.05, 3.63) is 35.4 Å². The lowest BCUT2D eigenvalue weighted by atomic mass is 10.1. The number of benzene rings is 2. The van der Waals surface area contributed by atoms with E-state index in [0.29, 0.717) is 11.1 Å². The van der Waals surface area contributed by atoms with E-state index in [0.717, 1.165) is 0 Å². The molecule has 0 aliphatic carbocycles. The molecule has 2 atom stereocenters. The highest BCUT2D eigenvalue weighted by Gasteiger charge is 2.23. The van der Waals surface area contributed by atoms with Gasteiger partial charge in [-0.2, -0.15) is 0 Å². The van der Waals surface area contributed by atoms with Crippen molar-refractivity contribution in [3.63, 3.8) is 0 Å². The Morgan fingerprint density at radius 3 is 1.22 bits per heavy atom. The van der Waals surface area contributed by atoms with Crippen molar-refractivity contribution in [2.45, 2.75) is 31.3 Å². The van der Waals surface area contributed by atoms with Gasteiger partial charge >= 0.3 is 0 Å². The minimum absolute atomic E-state index is 0.00624. The summed E-state index contributed by atoms with van der Waals surface area (Å²) in [6.45, 7) is -1.59. The third-order valence-corrected chi connectivity index (χ3v) is 5.21. The highest BCUT2D eigenvalue weighted by molar-refractivity contribution is 5.52. The Hall–Kier alpha value is -3.04. The van der Waals surface area contributed by atoms with E-state index in [1.54, 1.807) is 4.90 Å². The zero-order valence-electron chi connectivity index (χ0n) is 19.4. The van der Waals surface area contributed by atoms with Crippen molar-refractivity contribution >= 4 is 0 Å². The normalized spacial score (nSPS) is 14.1. The monoisotopic (exact) mass is 515 g/mol. The van der Waals surface area contributed by atoms with Gasteiger partial charge in [0, 0.05) is 13.1 Å². The fourth-order valence-electron chi connectivity index (χ4n) is 3.33. The highest BCUT2D eigenvalue weighted by atomic mass is 16.5. The standard InChI is InChI=1S/C23H33NO12/c25-7-16(27)11-35-9-15(10-36-12-17(28)8-26)24(5-13-1-18(29)22(33)19(30)2-13)6-14-3-20(31)23(34)21(32)4-14/h1-4,15-17,25-34H,5-12H2. The van der Waals surface area contributed by atoms with Crippen LogP contribution in [0.5, 0.6) is 34.5 Å². The number of ether oxygens (including phenoxy) is 2. The van der Waals surface area contributed by atoms with Crippen LogP contribution < -0.4 is 0 Å². The van der Waals surface area contributed by atoms with Crippen LogP contribution in [0.3, 0.4) is 0 Å². The molecule has 13 nitrogen and oxygen atoms in total. The van der Waals surface area contributed by atoms with E-state index in [1.807, 2.05) is 0 Å². The number of aliphatic hydroxyl groups excluding tert-OH is 4. The van der Waals surface area contributed by atoms with Gasteiger partial charge in [-0.15, -0.1) is 0 Å². The number of hydrogen-bond donors (Lipinski definition) is 10. The lowest BCUT2D eigenvalue weighted by Crippen LogP contribution is -2.42. The molecular formula is C23H33NO12. The Kier molecular flexibility index (Phi) is 11.3.